The first-order valence-electron chi connectivity index (χ1n) is 24.4. The summed E-state index contributed by atoms with van der Waals surface area (Å²) in [5.74, 6) is 1.18. The fourth-order valence-electron chi connectivity index (χ4n) is 8.08. The lowest BCUT2D eigenvalue weighted by Gasteiger charge is -2.24. The van der Waals surface area contributed by atoms with E-state index in [2.05, 4.69) is 150 Å². The lowest BCUT2D eigenvalue weighted by molar-refractivity contribution is 0.148. The van der Waals surface area contributed by atoms with Crippen LogP contribution >= 0.6 is 0 Å². The summed E-state index contributed by atoms with van der Waals surface area (Å²) in [5, 5.41) is 22.4. The standard InChI is InChI=1S/C30H30O.C24H18O.2C5H12O.CH4/c1-21(24-13-7-4-8-14-24)27-19-28(22(2)25-15-9-5-10-16-25)30(31)29(20-27)23(3)26-17-11-6-12-18-26;25-24-22(19-12-6-2-7-13-19)16-21(18-10-4-1-5-11-18)17-23(24)20-14-8-3-9-15-20;2*1-3-5-6-4-2;/h4-23,31H,1-3H3;1-17,25H;2*3-5H2,1-2H3;1H4. The molecule has 0 bridgehead atoms. The van der Waals surface area contributed by atoms with Crippen molar-refractivity contribution >= 4 is 0 Å². The van der Waals surface area contributed by atoms with Gasteiger partial charge in [0.05, 0.1) is 0 Å². The van der Waals surface area contributed by atoms with Crippen LogP contribution in [0.2, 0.25) is 0 Å². The molecule has 3 unspecified atom stereocenters. The maximum Gasteiger partial charge on any atom is 0.131 e. The highest BCUT2D eigenvalue weighted by Crippen LogP contribution is 2.43. The van der Waals surface area contributed by atoms with E-state index in [0.717, 1.165) is 83.8 Å². The first kappa shape index (κ1) is 54.9. The van der Waals surface area contributed by atoms with Gasteiger partial charge in [-0.05, 0) is 83.3 Å². The zero-order valence-corrected chi connectivity index (χ0v) is 41.3. The Morgan fingerprint density at radius 2 is 0.652 bits per heavy atom. The molecule has 0 spiro atoms. The number of benzene rings is 8. The molecule has 0 saturated carbocycles. The molecule has 8 rings (SSSR count). The molecule has 360 valence electrons. The van der Waals surface area contributed by atoms with Gasteiger partial charge in [-0.15, -0.1) is 0 Å². The van der Waals surface area contributed by atoms with Crippen LogP contribution in [0.25, 0.3) is 33.4 Å². The van der Waals surface area contributed by atoms with Gasteiger partial charge in [0.2, 0.25) is 0 Å². The quantitative estimate of drug-likeness (QED) is 0.101. The van der Waals surface area contributed by atoms with E-state index in [1.54, 1.807) is 0 Å². The SMILES string of the molecule is C.CC(c1ccccc1)c1cc(C(C)c2ccccc2)c(O)c(C(C)c2ccccc2)c1.CCCOCC.CCCOCC.Oc1c(-c2ccccc2)cc(-c2ccccc2)cc1-c1ccccc1. The van der Waals surface area contributed by atoms with E-state index in [4.69, 9.17) is 9.47 Å². The molecule has 0 saturated heterocycles. The fourth-order valence-corrected chi connectivity index (χ4v) is 8.08. The van der Waals surface area contributed by atoms with Gasteiger partial charge in [-0.1, -0.05) is 236 Å². The van der Waals surface area contributed by atoms with Crippen molar-refractivity contribution in [3.8, 4) is 44.9 Å². The lowest BCUT2D eigenvalue weighted by Crippen LogP contribution is -2.06. The molecule has 69 heavy (non-hydrogen) atoms. The molecule has 0 aliphatic rings. The van der Waals surface area contributed by atoms with Gasteiger partial charge in [-0.25, -0.2) is 0 Å². The molecule has 8 aromatic carbocycles. The molecule has 0 fully saturated rings. The number of ether oxygens (including phenoxy) is 2. The molecule has 4 heteroatoms. The Hall–Kier alpha value is -6.72. The molecule has 2 N–H and O–H groups in total. The second-order valence-corrected chi connectivity index (χ2v) is 16.9. The molecular formula is C65H76O4. The van der Waals surface area contributed by atoms with Gasteiger partial charge in [0.1, 0.15) is 11.5 Å². The minimum atomic E-state index is 0. The van der Waals surface area contributed by atoms with E-state index in [9.17, 15) is 10.2 Å². The maximum atomic E-state index is 11.4. The molecule has 3 atom stereocenters. The average molecular weight is 921 g/mol. The number of aromatic hydroxyl groups is 2. The molecule has 0 aromatic heterocycles. The largest absolute Gasteiger partial charge is 0.507 e. The Bertz CT molecular complexity index is 2450. The highest BCUT2D eigenvalue weighted by Gasteiger charge is 2.23. The average Bonchev–Trinajstić information content (AvgIpc) is 3.41. The lowest BCUT2D eigenvalue weighted by atomic mass is 9.82. The Balaban J connectivity index is 0.000000243. The first-order valence-corrected chi connectivity index (χ1v) is 24.4. The molecule has 8 aromatic rings. The van der Waals surface area contributed by atoms with Gasteiger partial charge < -0.3 is 19.7 Å². The first-order chi connectivity index (χ1) is 33.2. The van der Waals surface area contributed by atoms with Crippen LogP contribution in [0.5, 0.6) is 11.5 Å². The monoisotopic (exact) mass is 921 g/mol. The van der Waals surface area contributed by atoms with Crippen molar-refractivity contribution in [1.82, 2.24) is 0 Å². The van der Waals surface area contributed by atoms with Crippen LogP contribution in [0.3, 0.4) is 0 Å². The van der Waals surface area contributed by atoms with Crippen molar-refractivity contribution in [1.29, 1.82) is 0 Å². The van der Waals surface area contributed by atoms with Crippen LogP contribution in [0.4, 0.5) is 0 Å². The van der Waals surface area contributed by atoms with Gasteiger partial charge in [-0.3, -0.25) is 0 Å². The van der Waals surface area contributed by atoms with Crippen molar-refractivity contribution < 1.29 is 19.7 Å². The molecule has 0 heterocycles. The molecular weight excluding hydrogens is 845 g/mol. The van der Waals surface area contributed by atoms with E-state index >= 15 is 0 Å². The van der Waals surface area contributed by atoms with Gasteiger partial charge in [-0.2, -0.15) is 0 Å². The maximum absolute atomic E-state index is 11.4. The third-order valence-electron chi connectivity index (χ3n) is 12.0. The molecule has 0 amide bonds. The molecule has 4 nitrogen and oxygen atoms in total. The van der Waals surface area contributed by atoms with Crippen LogP contribution in [0.15, 0.2) is 206 Å². The number of hydrogen-bond donors (Lipinski definition) is 2. The highest BCUT2D eigenvalue weighted by molar-refractivity contribution is 5.87. The van der Waals surface area contributed by atoms with E-state index in [1.165, 1.54) is 22.3 Å². The van der Waals surface area contributed by atoms with E-state index in [-0.39, 0.29) is 25.2 Å². The number of rotatable bonds is 15. The van der Waals surface area contributed by atoms with Crippen molar-refractivity contribution in [2.75, 3.05) is 26.4 Å². The normalized spacial score (nSPS) is 11.7. The zero-order chi connectivity index (χ0) is 48.5. The van der Waals surface area contributed by atoms with Gasteiger partial charge in [0, 0.05) is 66.4 Å². The summed E-state index contributed by atoms with van der Waals surface area (Å²) in [5.41, 5.74) is 12.9. The highest BCUT2D eigenvalue weighted by atomic mass is 16.5. The molecule has 0 aliphatic heterocycles. The Kier molecular flexibility index (Phi) is 23.8. The number of phenolic OH excluding ortho intramolecular Hbond substituents is 2. The molecule has 0 radical (unpaired) electrons. The Morgan fingerprint density at radius 3 is 0.957 bits per heavy atom. The molecule has 0 aliphatic carbocycles. The van der Waals surface area contributed by atoms with Crippen LogP contribution in [-0.4, -0.2) is 36.6 Å². The van der Waals surface area contributed by atoms with E-state index in [1.807, 2.05) is 105 Å². The van der Waals surface area contributed by atoms with Gasteiger partial charge in [0.15, 0.2) is 0 Å². The van der Waals surface area contributed by atoms with Crippen LogP contribution in [-0.2, 0) is 9.47 Å². The summed E-state index contributed by atoms with van der Waals surface area (Å²) in [6, 6.07) is 70.3. The van der Waals surface area contributed by atoms with E-state index < -0.39 is 0 Å². The fraction of sp³-hybridized carbons (Fsp3) is 0.262. The third-order valence-corrected chi connectivity index (χ3v) is 12.0. The van der Waals surface area contributed by atoms with Crippen molar-refractivity contribution in [2.24, 2.45) is 0 Å². The summed E-state index contributed by atoms with van der Waals surface area (Å²) in [4.78, 5) is 0. The second-order valence-electron chi connectivity index (χ2n) is 16.9. The summed E-state index contributed by atoms with van der Waals surface area (Å²) in [7, 11) is 0. The predicted molar refractivity (Wildman–Crippen MR) is 295 cm³/mol. The predicted octanol–water partition coefficient (Wildman–Crippen LogP) is 17.7. The summed E-state index contributed by atoms with van der Waals surface area (Å²) in [6.45, 7) is 18.4. The van der Waals surface area contributed by atoms with Gasteiger partial charge in [0.25, 0.3) is 0 Å². The van der Waals surface area contributed by atoms with Crippen molar-refractivity contribution in [3.63, 3.8) is 0 Å². The minimum absolute atomic E-state index is 0. The smallest absolute Gasteiger partial charge is 0.131 e. The second kappa shape index (κ2) is 29.9. The minimum Gasteiger partial charge on any atom is -0.507 e. The van der Waals surface area contributed by atoms with Crippen LogP contribution in [0.1, 0.15) is 120 Å². The number of hydrogen-bond acceptors (Lipinski definition) is 4. The summed E-state index contributed by atoms with van der Waals surface area (Å²) >= 11 is 0. The summed E-state index contributed by atoms with van der Waals surface area (Å²) in [6.07, 6.45) is 2.27. The third kappa shape index (κ3) is 16.2. The number of phenols is 2. The Morgan fingerprint density at radius 1 is 0.348 bits per heavy atom. The zero-order valence-electron chi connectivity index (χ0n) is 41.3. The topological polar surface area (TPSA) is 58.9 Å². The van der Waals surface area contributed by atoms with Crippen molar-refractivity contribution in [3.05, 3.63) is 240 Å². The summed E-state index contributed by atoms with van der Waals surface area (Å²) < 4.78 is 9.97. The van der Waals surface area contributed by atoms with Crippen LogP contribution in [0, 0.1) is 0 Å². The Labute approximate surface area is 415 Å². The van der Waals surface area contributed by atoms with Gasteiger partial charge >= 0.3 is 0 Å². The van der Waals surface area contributed by atoms with Crippen LogP contribution < -0.4 is 0 Å². The van der Waals surface area contributed by atoms with Crippen molar-refractivity contribution in [2.45, 2.75) is 86.5 Å². The van der Waals surface area contributed by atoms with E-state index in [0.29, 0.717) is 11.5 Å².